The molecule has 0 atom stereocenters. The van der Waals surface area contributed by atoms with Gasteiger partial charge in [-0.3, -0.25) is 8.33 Å². The van der Waals surface area contributed by atoms with Crippen molar-refractivity contribution in [1.29, 1.82) is 0 Å². The Bertz CT molecular complexity index is 1510. The highest BCUT2D eigenvalue weighted by Crippen LogP contribution is 2.51. The summed E-state index contributed by atoms with van der Waals surface area (Å²) in [6, 6.07) is 33.3. The Morgan fingerprint density at radius 3 is 1.48 bits per heavy atom. The Hall–Kier alpha value is -3.22. The lowest BCUT2D eigenvalue weighted by molar-refractivity contribution is 1.44. The quantitative estimate of drug-likeness (QED) is 0.295. The molecule has 3 heterocycles. The molecule has 0 saturated heterocycles. The topological polar surface area (TPSA) is 8.82 Å². The third-order valence-electron chi connectivity index (χ3n) is 5.79. The lowest BCUT2D eigenvalue weighted by Crippen LogP contribution is -1.82. The zero-order valence-electron chi connectivity index (χ0n) is 14.5. The van der Waals surface area contributed by atoms with E-state index >= 15 is 0 Å². The van der Waals surface area contributed by atoms with Crippen LogP contribution in [0.15, 0.2) is 91.0 Å². The molecule has 2 nitrogen and oxygen atoms in total. The van der Waals surface area contributed by atoms with E-state index in [1.807, 2.05) is 0 Å². The van der Waals surface area contributed by atoms with E-state index in [1.165, 1.54) is 48.9 Å². The molecule has 0 radical (unpaired) electrons. The highest BCUT2D eigenvalue weighted by atomic mass is 31.1. The SMILES string of the molecule is c1ccc(-p2n3c4ccccc4c4ccc5c6ccccc6n2c5c43)cc1. The van der Waals surface area contributed by atoms with Crippen molar-refractivity contribution >= 4 is 51.5 Å². The van der Waals surface area contributed by atoms with E-state index < -0.39 is 7.85 Å². The summed E-state index contributed by atoms with van der Waals surface area (Å²) in [5, 5.41) is 6.82. The second kappa shape index (κ2) is 4.73. The normalized spacial score (nSPS) is 12.4. The van der Waals surface area contributed by atoms with Gasteiger partial charge in [0.1, 0.15) is 0 Å². The number of para-hydroxylation sites is 2. The predicted octanol–water partition coefficient (Wildman–Crippen LogP) is 7.07. The average molecular weight is 362 g/mol. The van der Waals surface area contributed by atoms with Crippen LogP contribution in [0, 0.1) is 0 Å². The standard InChI is InChI=1S/C24H15N2P/c1-2-8-16(9-3-1)27-25-21-12-6-4-10-17(21)19-14-15-20-18-11-5-7-13-22(18)26(27)24(20)23(19)25/h1-15H. The molecule has 0 N–H and O–H groups in total. The summed E-state index contributed by atoms with van der Waals surface area (Å²) < 4.78 is 5.20. The molecule has 0 spiro atoms. The van der Waals surface area contributed by atoms with Crippen molar-refractivity contribution in [2.24, 2.45) is 0 Å². The largest absolute Gasteiger partial charge is 0.280 e. The van der Waals surface area contributed by atoms with Crippen molar-refractivity contribution in [3.8, 4) is 5.30 Å². The molecular formula is C24H15N2P. The van der Waals surface area contributed by atoms with Gasteiger partial charge in [-0.25, -0.2) is 0 Å². The smallest absolute Gasteiger partial charge is 0.0836 e. The molecule has 0 aliphatic rings. The minimum Gasteiger partial charge on any atom is -0.280 e. The van der Waals surface area contributed by atoms with Crippen LogP contribution in [0.4, 0.5) is 0 Å². The van der Waals surface area contributed by atoms with Crippen LogP contribution in [0.1, 0.15) is 0 Å². The summed E-state index contributed by atoms with van der Waals surface area (Å²) in [5.74, 6) is 0. The third-order valence-corrected chi connectivity index (χ3v) is 8.13. The Labute approximate surface area is 156 Å². The average Bonchev–Trinajstić information content (AvgIpc) is 3.36. The molecule has 7 rings (SSSR count). The Balaban J connectivity index is 1.91. The van der Waals surface area contributed by atoms with Gasteiger partial charge in [-0.2, -0.15) is 0 Å². The molecule has 3 aromatic heterocycles. The molecule has 0 fully saturated rings. The van der Waals surface area contributed by atoms with Crippen molar-refractivity contribution in [1.82, 2.24) is 8.33 Å². The summed E-state index contributed by atoms with van der Waals surface area (Å²) >= 11 is 0. The monoisotopic (exact) mass is 362 g/mol. The van der Waals surface area contributed by atoms with Gasteiger partial charge in [0.15, 0.2) is 0 Å². The number of fused-ring (bicyclic) bond motifs is 6. The van der Waals surface area contributed by atoms with Crippen LogP contribution in [-0.2, 0) is 0 Å². The van der Waals surface area contributed by atoms with Crippen molar-refractivity contribution in [2.75, 3.05) is 0 Å². The number of hydrogen-bond acceptors (Lipinski definition) is 0. The van der Waals surface area contributed by atoms with E-state index in [-0.39, 0.29) is 0 Å². The fourth-order valence-corrected chi connectivity index (χ4v) is 7.35. The molecule has 0 aliphatic carbocycles. The van der Waals surface area contributed by atoms with E-state index in [0.29, 0.717) is 0 Å². The van der Waals surface area contributed by atoms with Crippen LogP contribution < -0.4 is 0 Å². The van der Waals surface area contributed by atoms with Gasteiger partial charge in [0.05, 0.1) is 29.9 Å². The fraction of sp³-hybridized carbons (Fsp3) is 0. The fourth-order valence-electron chi connectivity index (χ4n) is 4.73. The van der Waals surface area contributed by atoms with E-state index in [9.17, 15) is 0 Å². The summed E-state index contributed by atoms with van der Waals surface area (Å²) in [6.45, 7) is 0. The van der Waals surface area contributed by atoms with Gasteiger partial charge < -0.3 is 0 Å². The first kappa shape index (κ1) is 13.9. The van der Waals surface area contributed by atoms with Crippen LogP contribution in [0.2, 0.25) is 0 Å². The van der Waals surface area contributed by atoms with E-state index in [0.717, 1.165) is 0 Å². The zero-order valence-corrected chi connectivity index (χ0v) is 15.4. The van der Waals surface area contributed by atoms with Gasteiger partial charge >= 0.3 is 0 Å². The number of rotatable bonds is 1. The first-order valence-electron chi connectivity index (χ1n) is 9.24. The van der Waals surface area contributed by atoms with Crippen LogP contribution in [0.5, 0.6) is 0 Å². The van der Waals surface area contributed by atoms with E-state index in [4.69, 9.17) is 0 Å². The maximum atomic E-state index is 2.60. The van der Waals surface area contributed by atoms with Crippen LogP contribution in [0.3, 0.4) is 0 Å². The summed E-state index contributed by atoms with van der Waals surface area (Å²) in [5.41, 5.74) is 5.45. The molecule has 0 saturated carbocycles. The lowest BCUT2D eigenvalue weighted by atomic mass is 10.1. The Kier molecular flexibility index (Phi) is 2.44. The highest BCUT2D eigenvalue weighted by molar-refractivity contribution is 7.51. The zero-order chi connectivity index (χ0) is 17.5. The number of aromatic nitrogens is 2. The molecule has 4 aromatic carbocycles. The predicted molar refractivity (Wildman–Crippen MR) is 116 cm³/mol. The Morgan fingerprint density at radius 1 is 0.444 bits per heavy atom. The van der Waals surface area contributed by atoms with Crippen molar-refractivity contribution in [3.05, 3.63) is 91.0 Å². The number of nitrogens with zero attached hydrogens (tertiary/aromatic N) is 2. The molecule has 27 heavy (non-hydrogen) atoms. The van der Waals surface area contributed by atoms with Crippen molar-refractivity contribution < 1.29 is 0 Å². The van der Waals surface area contributed by atoms with Gasteiger partial charge in [-0.1, -0.05) is 66.7 Å². The Morgan fingerprint density at radius 2 is 0.926 bits per heavy atom. The molecule has 0 bridgehead atoms. The number of benzene rings is 4. The van der Waals surface area contributed by atoms with E-state index in [1.54, 1.807) is 0 Å². The van der Waals surface area contributed by atoms with Crippen molar-refractivity contribution in [3.63, 3.8) is 0 Å². The first-order valence-corrected chi connectivity index (χ1v) is 10.5. The van der Waals surface area contributed by atoms with E-state index in [2.05, 4.69) is 99.3 Å². The number of hydrogen-bond donors (Lipinski definition) is 0. The van der Waals surface area contributed by atoms with Gasteiger partial charge in [-0.05, 0) is 24.3 Å². The molecule has 0 aliphatic heterocycles. The summed E-state index contributed by atoms with van der Waals surface area (Å²) in [4.78, 5) is 0. The van der Waals surface area contributed by atoms with Crippen LogP contribution in [-0.4, -0.2) is 8.33 Å². The van der Waals surface area contributed by atoms with Gasteiger partial charge in [0.2, 0.25) is 0 Å². The third kappa shape index (κ3) is 1.55. The second-order valence-electron chi connectivity index (χ2n) is 7.14. The summed E-state index contributed by atoms with van der Waals surface area (Å²) in [6.07, 6.45) is 0. The van der Waals surface area contributed by atoms with Gasteiger partial charge in [-0.15, -0.1) is 0 Å². The van der Waals surface area contributed by atoms with Crippen LogP contribution >= 0.6 is 7.85 Å². The molecule has 0 unspecified atom stereocenters. The lowest BCUT2D eigenvalue weighted by Gasteiger charge is -2.06. The maximum absolute atomic E-state index is 2.60. The summed E-state index contributed by atoms with van der Waals surface area (Å²) in [7, 11) is -0.697. The van der Waals surface area contributed by atoms with Gasteiger partial charge in [0, 0.05) is 26.8 Å². The van der Waals surface area contributed by atoms with Crippen LogP contribution in [0.25, 0.3) is 48.9 Å². The van der Waals surface area contributed by atoms with Crippen molar-refractivity contribution in [2.45, 2.75) is 0 Å². The maximum Gasteiger partial charge on any atom is 0.0836 e. The van der Waals surface area contributed by atoms with Gasteiger partial charge in [0.25, 0.3) is 0 Å². The second-order valence-corrected chi connectivity index (χ2v) is 9.04. The molecule has 7 aromatic rings. The molecule has 126 valence electrons. The minimum atomic E-state index is -0.697. The first-order chi connectivity index (χ1) is 13.4. The molecule has 3 heteroatoms. The molecule has 0 amide bonds. The highest BCUT2D eigenvalue weighted by Gasteiger charge is 2.24. The molecular weight excluding hydrogens is 347 g/mol. The minimum absolute atomic E-state index is 0.697.